The Balaban J connectivity index is 1.81. The number of phenolic OH excluding ortho intramolecular Hbond substituents is 1. The highest BCUT2D eigenvalue weighted by Crippen LogP contribution is 2.35. The van der Waals surface area contributed by atoms with E-state index in [-0.39, 0.29) is 17.7 Å². The Morgan fingerprint density at radius 2 is 1.79 bits per heavy atom. The van der Waals surface area contributed by atoms with Gasteiger partial charge in [-0.2, -0.15) is 0 Å². The van der Waals surface area contributed by atoms with Crippen molar-refractivity contribution in [3.8, 4) is 17.2 Å². The highest BCUT2D eigenvalue weighted by molar-refractivity contribution is 14.1. The van der Waals surface area contributed by atoms with Crippen LogP contribution in [0.2, 0.25) is 0 Å². The van der Waals surface area contributed by atoms with E-state index in [1.54, 1.807) is 30.5 Å². The standard InChI is InChI=1S/C23H20I2N2O6/c1-12(28)27-19(23(31)32)9-14-7-17(24)22(18(25)8-14)33-16-3-4-20(29)15(10-16)6-13-2-5-21(30)26-11-13/h2-5,7-8,10-11,19,29H,6,9H2,1H3,(H,26,30)(H,27,28)(H,31,32)/t19-/m0/s1. The Bertz CT molecular complexity index is 1210. The zero-order valence-electron chi connectivity index (χ0n) is 17.4. The van der Waals surface area contributed by atoms with Gasteiger partial charge >= 0.3 is 5.97 Å². The fraction of sp³-hybridized carbons (Fsp3) is 0.174. The number of carbonyl (C=O) groups excluding carboxylic acids is 1. The number of H-pyrrole nitrogens is 1. The Morgan fingerprint density at radius 1 is 1.09 bits per heavy atom. The summed E-state index contributed by atoms with van der Waals surface area (Å²) in [5.74, 6) is -0.262. The third kappa shape index (κ3) is 6.93. The van der Waals surface area contributed by atoms with Crippen LogP contribution in [0.15, 0.2) is 53.5 Å². The number of aromatic hydroxyl groups is 1. The largest absolute Gasteiger partial charge is 0.508 e. The number of aromatic nitrogens is 1. The monoisotopic (exact) mass is 674 g/mol. The highest BCUT2D eigenvalue weighted by Gasteiger charge is 2.20. The first kappa shape index (κ1) is 25.0. The number of carboxylic acids is 1. The van der Waals surface area contributed by atoms with Gasteiger partial charge in [-0.15, -0.1) is 0 Å². The van der Waals surface area contributed by atoms with Crippen LogP contribution in [0.1, 0.15) is 23.6 Å². The van der Waals surface area contributed by atoms with Crippen LogP contribution >= 0.6 is 45.2 Å². The van der Waals surface area contributed by atoms with Gasteiger partial charge in [0.1, 0.15) is 17.5 Å². The first-order valence-corrected chi connectivity index (χ1v) is 11.9. The van der Waals surface area contributed by atoms with E-state index < -0.39 is 17.9 Å². The number of aliphatic carboxylic acids is 1. The number of halogens is 2. The maximum absolute atomic E-state index is 11.4. The molecule has 0 fully saturated rings. The fourth-order valence-corrected chi connectivity index (χ4v) is 5.28. The summed E-state index contributed by atoms with van der Waals surface area (Å²) in [5, 5.41) is 22.0. The lowest BCUT2D eigenvalue weighted by Crippen LogP contribution is -2.41. The van der Waals surface area contributed by atoms with Crippen molar-refractivity contribution in [2.75, 3.05) is 0 Å². The number of carbonyl (C=O) groups is 2. The molecule has 1 atom stereocenters. The molecule has 0 unspecified atom stereocenters. The lowest BCUT2D eigenvalue weighted by atomic mass is 10.1. The van der Waals surface area contributed by atoms with Crippen LogP contribution in [0.25, 0.3) is 0 Å². The third-order valence-electron chi connectivity index (χ3n) is 4.69. The van der Waals surface area contributed by atoms with Crippen molar-refractivity contribution >= 4 is 57.1 Å². The molecule has 172 valence electrons. The summed E-state index contributed by atoms with van der Waals surface area (Å²) in [6, 6.07) is 10.7. The molecule has 0 aliphatic heterocycles. The van der Waals surface area contributed by atoms with Gasteiger partial charge in [-0.3, -0.25) is 9.59 Å². The summed E-state index contributed by atoms with van der Waals surface area (Å²) in [5.41, 5.74) is 2.03. The van der Waals surface area contributed by atoms with E-state index in [1.165, 1.54) is 13.0 Å². The molecule has 10 heteroatoms. The zero-order valence-corrected chi connectivity index (χ0v) is 21.7. The number of hydrogen-bond donors (Lipinski definition) is 4. The van der Waals surface area contributed by atoms with Crippen molar-refractivity contribution in [2.24, 2.45) is 0 Å². The number of aromatic amines is 1. The van der Waals surface area contributed by atoms with E-state index in [0.717, 1.165) is 18.3 Å². The number of amides is 1. The topological polar surface area (TPSA) is 129 Å². The summed E-state index contributed by atoms with van der Waals surface area (Å²) in [4.78, 5) is 36.6. The average molecular weight is 674 g/mol. The fourth-order valence-electron chi connectivity index (χ4n) is 3.17. The van der Waals surface area contributed by atoms with Gasteiger partial charge in [0.25, 0.3) is 0 Å². The number of phenols is 1. The SMILES string of the molecule is CC(=O)N[C@@H](Cc1cc(I)c(Oc2ccc(O)c(Cc3ccc(=O)[nH]c3)c2)c(I)c1)C(=O)O. The summed E-state index contributed by atoms with van der Waals surface area (Å²) >= 11 is 4.23. The van der Waals surface area contributed by atoms with Crippen molar-refractivity contribution in [1.29, 1.82) is 0 Å². The second-order valence-corrected chi connectivity index (χ2v) is 9.64. The minimum atomic E-state index is -1.10. The molecule has 33 heavy (non-hydrogen) atoms. The van der Waals surface area contributed by atoms with Gasteiger partial charge < -0.3 is 25.3 Å². The maximum atomic E-state index is 11.4. The van der Waals surface area contributed by atoms with E-state index in [2.05, 4.69) is 55.5 Å². The van der Waals surface area contributed by atoms with Crippen LogP contribution in [0, 0.1) is 7.14 Å². The van der Waals surface area contributed by atoms with Crippen molar-refractivity contribution in [1.82, 2.24) is 10.3 Å². The summed E-state index contributed by atoms with van der Waals surface area (Å²) in [6.07, 6.45) is 2.15. The van der Waals surface area contributed by atoms with Crippen molar-refractivity contribution in [3.05, 3.63) is 82.8 Å². The van der Waals surface area contributed by atoms with Crippen LogP contribution in [-0.4, -0.2) is 33.1 Å². The van der Waals surface area contributed by atoms with E-state index >= 15 is 0 Å². The number of pyridine rings is 1. The minimum Gasteiger partial charge on any atom is -0.508 e. The molecule has 0 aliphatic carbocycles. The number of ether oxygens (including phenoxy) is 1. The summed E-state index contributed by atoms with van der Waals surface area (Å²) in [7, 11) is 0. The van der Waals surface area contributed by atoms with Crippen molar-refractivity contribution < 1.29 is 24.5 Å². The van der Waals surface area contributed by atoms with Gasteiger partial charge in [-0.05, 0) is 86.6 Å². The minimum absolute atomic E-state index is 0.117. The van der Waals surface area contributed by atoms with Crippen LogP contribution < -0.4 is 15.6 Å². The number of hydrogen-bond acceptors (Lipinski definition) is 5. The number of carboxylic acid groups (broad SMARTS) is 1. The maximum Gasteiger partial charge on any atom is 0.326 e. The molecular weight excluding hydrogens is 654 g/mol. The summed E-state index contributed by atoms with van der Waals surface area (Å²) in [6.45, 7) is 1.28. The lowest BCUT2D eigenvalue weighted by molar-refractivity contribution is -0.141. The molecule has 0 radical (unpaired) electrons. The quantitative estimate of drug-likeness (QED) is 0.270. The lowest BCUT2D eigenvalue weighted by Gasteiger charge is -2.16. The average Bonchev–Trinajstić information content (AvgIpc) is 2.73. The Hall–Kier alpha value is -2.61. The normalized spacial score (nSPS) is 11.6. The van der Waals surface area contributed by atoms with Crippen molar-refractivity contribution in [2.45, 2.75) is 25.8 Å². The Kier molecular flexibility index (Phi) is 8.35. The predicted molar refractivity (Wildman–Crippen MR) is 139 cm³/mol. The smallest absolute Gasteiger partial charge is 0.326 e. The first-order chi connectivity index (χ1) is 15.6. The van der Waals surface area contributed by atoms with Crippen molar-refractivity contribution in [3.63, 3.8) is 0 Å². The molecule has 3 rings (SSSR count). The van der Waals surface area contributed by atoms with Gasteiger partial charge in [0.15, 0.2) is 5.75 Å². The molecule has 0 aliphatic rings. The molecule has 4 N–H and O–H groups in total. The molecule has 0 bridgehead atoms. The molecule has 0 spiro atoms. The van der Waals surface area contributed by atoms with Gasteiger partial charge in [0.05, 0.1) is 7.14 Å². The van der Waals surface area contributed by atoms with Gasteiger partial charge in [0.2, 0.25) is 11.5 Å². The number of benzene rings is 2. The third-order valence-corrected chi connectivity index (χ3v) is 6.29. The highest BCUT2D eigenvalue weighted by atomic mass is 127. The molecule has 2 aromatic carbocycles. The molecule has 0 saturated heterocycles. The van der Waals surface area contributed by atoms with E-state index in [1.807, 2.05) is 12.1 Å². The van der Waals surface area contributed by atoms with Crippen LogP contribution in [0.4, 0.5) is 0 Å². The van der Waals surface area contributed by atoms with E-state index in [0.29, 0.717) is 23.5 Å². The zero-order chi connectivity index (χ0) is 24.1. The molecule has 1 heterocycles. The van der Waals surface area contributed by atoms with Crippen LogP contribution in [0.5, 0.6) is 17.2 Å². The number of nitrogens with one attached hydrogen (secondary N) is 2. The molecule has 1 amide bonds. The van der Waals surface area contributed by atoms with Gasteiger partial charge in [0, 0.05) is 37.6 Å². The molecule has 1 aromatic heterocycles. The van der Waals surface area contributed by atoms with Crippen LogP contribution in [-0.2, 0) is 22.4 Å². The second kappa shape index (κ2) is 11.0. The summed E-state index contributed by atoms with van der Waals surface area (Å²) < 4.78 is 7.64. The van der Waals surface area contributed by atoms with Gasteiger partial charge in [-0.25, -0.2) is 4.79 Å². The first-order valence-electron chi connectivity index (χ1n) is 9.77. The van der Waals surface area contributed by atoms with E-state index in [4.69, 9.17) is 4.74 Å². The predicted octanol–water partition coefficient (Wildman–Crippen LogP) is 3.80. The van der Waals surface area contributed by atoms with E-state index in [9.17, 15) is 24.6 Å². The Morgan fingerprint density at radius 3 is 2.36 bits per heavy atom. The second-order valence-electron chi connectivity index (χ2n) is 7.31. The molecular formula is C23H20I2N2O6. The van der Waals surface area contributed by atoms with Crippen LogP contribution in [0.3, 0.4) is 0 Å². The molecule has 3 aromatic rings. The number of rotatable bonds is 8. The van der Waals surface area contributed by atoms with Gasteiger partial charge in [-0.1, -0.05) is 6.07 Å². The molecule has 8 nitrogen and oxygen atoms in total. The molecule has 0 saturated carbocycles. The Labute approximate surface area is 216 Å².